The van der Waals surface area contributed by atoms with Crippen molar-refractivity contribution in [2.45, 2.75) is 189 Å². The van der Waals surface area contributed by atoms with Gasteiger partial charge in [0, 0.05) is 125 Å². The first-order valence-electron chi connectivity index (χ1n) is 30.5. The molecule has 27 nitrogen and oxygen atoms in total. The van der Waals surface area contributed by atoms with Crippen LogP contribution >= 0.6 is 7.82 Å². The summed E-state index contributed by atoms with van der Waals surface area (Å²) >= 11 is 0. The van der Waals surface area contributed by atoms with Crippen LogP contribution in [0.3, 0.4) is 0 Å². The number of carbonyl (C=O) groups excluding carboxylic acids is 7. The quantitative estimate of drug-likeness (QED) is 0.0478. The maximum atomic E-state index is 14.4. The molecule has 0 aliphatic carbocycles. The second kappa shape index (κ2) is 27.8. The van der Waals surface area contributed by atoms with Crippen molar-refractivity contribution in [1.29, 1.82) is 0 Å². The van der Waals surface area contributed by atoms with E-state index >= 15 is 0 Å². The number of aromatic nitrogens is 2. The minimum atomic E-state index is -5.32. The molecule has 92 heavy (non-hydrogen) atoms. The molecule has 15 N–H and O–H groups in total. The van der Waals surface area contributed by atoms with E-state index in [1.54, 1.807) is 6.92 Å². The van der Waals surface area contributed by atoms with Gasteiger partial charge in [0.05, 0.1) is 41.3 Å². The third-order valence-electron chi connectivity index (χ3n) is 20.5. The number of amides is 7. The van der Waals surface area contributed by atoms with Crippen LogP contribution in [0, 0.1) is 66.6 Å². The maximum Gasteiger partial charge on any atom is 0.268 e. The Morgan fingerprint density at radius 1 is 0.793 bits per heavy atom. The van der Waals surface area contributed by atoms with Crippen molar-refractivity contribution in [1.82, 2.24) is 14.9 Å². The summed E-state index contributed by atoms with van der Waals surface area (Å²) in [5, 5.41) is 30.1. The van der Waals surface area contributed by atoms with Crippen LogP contribution in [0.4, 0.5) is 0 Å². The Hall–Kier alpha value is -6.49. The Balaban J connectivity index is 0.00000672. The van der Waals surface area contributed by atoms with Gasteiger partial charge in [0.25, 0.3) is 7.82 Å². The van der Waals surface area contributed by atoms with Gasteiger partial charge in [0.2, 0.25) is 41.4 Å². The van der Waals surface area contributed by atoms with Gasteiger partial charge in [-0.25, -0.2) is 4.98 Å². The van der Waals surface area contributed by atoms with Gasteiger partial charge >= 0.3 is 0 Å². The number of aliphatic hydroxyl groups excluding tert-OH is 2. The van der Waals surface area contributed by atoms with E-state index in [1.807, 2.05) is 80.5 Å². The fourth-order valence-electron chi connectivity index (χ4n) is 15.3. The summed E-state index contributed by atoms with van der Waals surface area (Å²) in [6.07, 6.45) is -4.79. The minimum Gasteiger partial charge on any atom is -0.756 e. The van der Waals surface area contributed by atoms with Crippen LogP contribution in [0.15, 0.2) is 67.8 Å². The molecule has 7 amide bonds. The third-order valence-corrected chi connectivity index (χ3v) is 21.6. The Bertz CT molecular complexity index is 3540. The van der Waals surface area contributed by atoms with Crippen molar-refractivity contribution in [3.8, 4) is 0 Å². The summed E-state index contributed by atoms with van der Waals surface area (Å²) in [4.78, 5) is 128. The predicted octanol–water partition coefficient (Wildman–Crippen LogP) is 3.76. The fourth-order valence-corrected chi connectivity index (χ4v) is 16.4. The van der Waals surface area contributed by atoms with Crippen LogP contribution in [-0.2, 0) is 68.7 Å². The third kappa shape index (κ3) is 14.1. The first-order valence-corrected chi connectivity index (χ1v) is 32.0. The SMILES string of the molecule is C/C1=C2/[N-][C@H]([C@H](CC(N)=O)[C@@]2(C)CCC(=O)NCC(C)OP(=O)([O-])O[C@H]2[C@@H](O)[C@@H](n3cnc4cc(C)c(C)cc43)O[C@@H]2CO)[C@]2(C)N=C(/C(C)=C3\N=C(C=C4N=C1[C@@H](CCC(N)=O)C4(C)C)[C@@H](CCC(N)=O)[C@]3(C)CC(N)=O)[C@@H](CCC(N)=O)[C@]2(C)CC(N)=O.[CH3-].[Co]. The molecule has 2 aromatic rings. The predicted molar refractivity (Wildman–Crippen MR) is 338 cm³/mol. The molecule has 7 heterocycles. The summed E-state index contributed by atoms with van der Waals surface area (Å²) in [5.74, 6) is -7.40. The van der Waals surface area contributed by atoms with Crippen LogP contribution in [0.2, 0.25) is 0 Å². The molecule has 2 unspecified atom stereocenters. The smallest absolute Gasteiger partial charge is 0.268 e. The molecule has 2 fully saturated rings. The molecule has 0 spiro atoms. The minimum absolute atomic E-state index is 0. The number of ether oxygens (including phenoxy) is 1. The van der Waals surface area contributed by atoms with E-state index in [1.165, 1.54) is 17.8 Å². The van der Waals surface area contributed by atoms with Gasteiger partial charge in [-0.1, -0.05) is 40.7 Å². The van der Waals surface area contributed by atoms with Crippen LogP contribution < -0.4 is 44.6 Å². The number of fused-ring (bicyclic) bond motifs is 7. The van der Waals surface area contributed by atoms with Crippen LogP contribution in [-0.4, -0.2) is 127 Å². The number of hydrogen-bond donors (Lipinski definition) is 9. The number of phosphoric ester groups is 1. The molecule has 6 aliphatic heterocycles. The van der Waals surface area contributed by atoms with E-state index in [2.05, 4.69) is 10.3 Å². The summed E-state index contributed by atoms with van der Waals surface area (Å²) in [6.45, 7) is 19.0. The molecule has 6 aliphatic rings. The Morgan fingerprint density at radius 2 is 1.38 bits per heavy atom. The van der Waals surface area contributed by atoms with Gasteiger partial charge in [-0.3, -0.25) is 53.1 Å². The maximum absolute atomic E-state index is 14.4. The van der Waals surface area contributed by atoms with Crippen molar-refractivity contribution in [2.24, 2.45) is 94.7 Å². The van der Waals surface area contributed by atoms with Gasteiger partial charge in [0.15, 0.2) is 6.23 Å². The summed E-state index contributed by atoms with van der Waals surface area (Å²) in [7, 11) is -5.32. The Morgan fingerprint density at radius 3 is 1.96 bits per heavy atom. The number of imidazole rings is 1. The average molecular weight is 1340 g/mol. The van der Waals surface area contributed by atoms with E-state index in [-0.39, 0.29) is 101 Å². The molecule has 2 saturated heterocycles. The number of hydrogen-bond acceptors (Lipinski definition) is 18. The standard InChI is InChI=1S/C62H90N13O14P.CH3.Co/c1-29-20-39-40(21-30(29)2)75(28-70-39)57-52(84)53(41(27-76)87-57)89-90(85,86)88-31(3)26-69-49(83)18-19-59(8)37(22-46(66)80)56-62(11)61(10,25-48(68)82)36(14-17-45(65)79)51(74-62)33(5)55-60(9,24-47(67)81)34(12-15-43(63)77)38(71-55)23-42-58(6,7)35(13-16-44(64)78)50(72-42)32(4)54(59)73-56;;/h20-21,23,28,31,34-37,41,52-53,56-57,76,84H,12-19,22,24-27H2,1-11H3,(H15,63,64,65,66,67,68,69,71,72,73,74,77,78,79,80,81,82,83,85,86);1H3;/q;-1;/p-2/t31?,34-,35-,36-,37+,41-,52-,53-,56-,57+,59-,60+,61+,62+;;/m1../s1. The molecule has 8 bridgehead atoms. The fraction of sp³-hybridized carbons (Fsp3) is 0.619. The largest absolute Gasteiger partial charge is 0.756 e. The number of nitrogens with two attached hydrogens (primary N) is 6. The van der Waals surface area contributed by atoms with Crippen molar-refractivity contribution in [3.05, 3.63) is 76.6 Å². The number of aliphatic imine (C=N–C) groups is 3. The number of aliphatic hydroxyl groups is 2. The number of aryl methyl sites for hydroxylation is 2. The zero-order valence-electron chi connectivity index (χ0n) is 54.5. The second-order valence-corrected chi connectivity index (χ2v) is 28.3. The van der Waals surface area contributed by atoms with Crippen molar-refractivity contribution in [2.75, 3.05) is 13.2 Å². The monoisotopic (exact) mass is 1340 g/mol. The molecular formula is C63H91CoN13O14P-3. The van der Waals surface area contributed by atoms with Gasteiger partial charge in [-0.2, -0.15) is 5.70 Å². The van der Waals surface area contributed by atoms with E-state index < -0.39 is 143 Å². The number of rotatable bonds is 26. The number of phosphoric acid groups is 1. The zero-order chi connectivity index (χ0) is 66.7. The molecule has 509 valence electrons. The summed E-state index contributed by atoms with van der Waals surface area (Å²) in [6, 6.07) is 2.65. The van der Waals surface area contributed by atoms with Gasteiger partial charge in [-0.15, -0.1) is 0 Å². The van der Waals surface area contributed by atoms with Gasteiger partial charge < -0.3 is 85.9 Å². The average Bonchev–Trinajstić information content (AvgIpc) is 1.53. The molecule has 15 atom stereocenters. The number of primary amides is 6. The zero-order valence-corrected chi connectivity index (χ0v) is 56.4. The summed E-state index contributed by atoms with van der Waals surface area (Å²) in [5.41, 5.74) is 36.7. The molecule has 1 radical (unpaired) electrons. The van der Waals surface area contributed by atoms with E-state index in [4.69, 9.17) is 68.5 Å². The van der Waals surface area contributed by atoms with E-state index in [0.717, 1.165) is 11.1 Å². The molecule has 1 aromatic heterocycles. The van der Waals surface area contributed by atoms with Crippen LogP contribution in [0.5, 0.6) is 0 Å². The van der Waals surface area contributed by atoms with Crippen molar-refractivity contribution < 1.29 is 83.8 Å². The number of allylic oxidation sites excluding steroid dienone is 6. The van der Waals surface area contributed by atoms with E-state index in [9.17, 15) is 53.2 Å². The summed E-state index contributed by atoms with van der Waals surface area (Å²) < 4.78 is 31.9. The van der Waals surface area contributed by atoms with Gasteiger partial charge in [-0.05, 0) is 119 Å². The molecule has 8 rings (SSSR count). The van der Waals surface area contributed by atoms with Crippen LogP contribution in [0.25, 0.3) is 16.4 Å². The molecule has 29 heteroatoms. The molecular weight excluding hydrogens is 1250 g/mol. The number of benzene rings is 1. The molecule has 1 aromatic carbocycles. The van der Waals surface area contributed by atoms with Crippen molar-refractivity contribution in [3.63, 3.8) is 0 Å². The topological polar surface area (TPSA) is 465 Å². The number of nitrogens with one attached hydrogen (secondary N) is 1. The second-order valence-electron chi connectivity index (χ2n) is 27.0. The van der Waals surface area contributed by atoms with Crippen LogP contribution in [0.1, 0.15) is 150 Å². The van der Waals surface area contributed by atoms with E-state index in [0.29, 0.717) is 56.4 Å². The Kier molecular flexibility index (Phi) is 22.6. The first-order chi connectivity index (χ1) is 41.8. The normalized spacial score (nSPS) is 32.9. The number of carbonyl (C=O) groups is 7. The van der Waals surface area contributed by atoms with Gasteiger partial charge in [0.1, 0.15) is 18.3 Å². The first kappa shape index (κ1) is 74.5. The Labute approximate surface area is 547 Å². The van der Waals surface area contributed by atoms with Crippen molar-refractivity contribution >= 4 is 77.3 Å². The molecule has 0 saturated carbocycles. The number of nitrogens with zero attached hydrogens (tertiary/aromatic N) is 6.